The number of carbonyl (C=O) groups excluding carboxylic acids is 1. The molecule has 2 aromatic carbocycles. The van der Waals surface area contributed by atoms with Gasteiger partial charge in [-0.15, -0.1) is 0 Å². The summed E-state index contributed by atoms with van der Waals surface area (Å²) in [5, 5.41) is 3.02. The topological polar surface area (TPSA) is 32.3 Å². The summed E-state index contributed by atoms with van der Waals surface area (Å²) in [6, 6.07) is 14.4. The molecule has 1 heterocycles. The minimum Gasteiger partial charge on any atom is -0.371 e. The van der Waals surface area contributed by atoms with Gasteiger partial charge >= 0.3 is 0 Å². The zero-order valence-corrected chi connectivity index (χ0v) is 15.5. The van der Waals surface area contributed by atoms with Crippen LogP contribution in [0.3, 0.4) is 0 Å². The maximum atomic E-state index is 12.3. The van der Waals surface area contributed by atoms with Gasteiger partial charge in [-0.05, 0) is 73.6 Å². The number of hydrogen-bond acceptors (Lipinski definition) is 2. The van der Waals surface area contributed by atoms with Crippen molar-refractivity contribution in [2.24, 2.45) is 5.92 Å². The van der Waals surface area contributed by atoms with Crippen molar-refractivity contribution in [3.8, 4) is 0 Å². The Bertz CT molecular complexity index is 736. The molecule has 1 fully saturated rings. The second-order valence-electron chi connectivity index (χ2n) is 7.34. The maximum absolute atomic E-state index is 12.3. The molecule has 1 aliphatic rings. The molecule has 1 saturated heterocycles. The Kier molecular flexibility index (Phi) is 5.42. The first-order chi connectivity index (χ1) is 12.0. The van der Waals surface area contributed by atoms with Crippen LogP contribution in [-0.2, 0) is 6.54 Å². The van der Waals surface area contributed by atoms with E-state index in [0.29, 0.717) is 6.54 Å². The zero-order valence-electron chi connectivity index (χ0n) is 15.5. The van der Waals surface area contributed by atoms with Crippen LogP contribution in [0.2, 0.25) is 0 Å². The van der Waals surface area contributed by atoms with Crippen molar-refractivity contribution in [1.82, 2.24) is 5.32 Å². The molecule has 3 heteroatoms. The second kappa shape index (κ2) is 7.73. The fourth-order valence-corrected chi connectivity index (χ4v) is 3.42. The first kappa shape index (κ1) is 17.5. The SMILES string of the molecule is Cc1ccc(C(=O)NCc2ccc(N3CCC[C@H](C)C3)cc2)cc1C. The molecule has 0 unspecified atom stereocenters. The smallest absolute Gasteiger partial charge is 0.251 e. The lowest BCUT2D eigenvalue weighted by Crippen LogP contribution is -2.34. The minimum atomic E-state index is -0.0166. The van der Waals surface area contributed by atoms with Gasteiger partial charge in [-0.1, -0.05) is 25.1 Å². The van der Waals surface area contributed by atoms with Crippen LogP contribution in [0.15, 0.2) is 42.5 Å². The molecule has 1 aliphatic heterocycles. The first-order valence-electron chi connectivity index (χ1n) is 9.22. The van der Waals surface area contributed by atoms with Crippen molar-refractivity contribution < 1.29 is 4.79 Å². The molecule has 3 rings (SSSR count). The van der Waals surface area contributed by atoms with Gasteiger partial charge in [-0.25, -0.2) is 0 Å². The van der Waals surface area contributed by atoms with Gasteiger partial charge in [-0.3, -0.25) is 4.79 Å². The highest BCUT2D eigenvalue weighted by Gasteiger charge is 2.16. The maximum Gasteiger partial charge on any atom is 0.251 e. The van der Waals surface area contributed by atoms with Crippen LogP contribution in [0.4, 0.5) is 5.69 Å². The Balaban J connectivity index is 1.58. The van der Waals surface area contributed by atoms with E-state index in [1.807, 2.05) is 25.1 Å². The predicted octanol–water partition coefficient (Wildman–Crippen LogP) is 4.47. The Hall–Kier alpha value is -2.29. The van der Waals surface area contributed by atoms with Crippen LogP contribution in [0, 0.1) is 19.8 Å². The van der Waals surface area contributed by atoms with E-state index in [0.717, 1.165) is 35.7 Å². The van der Waals surface area contributed by atoms with Crippen molar-refractivity contribution >= 4 is 11.6 Å². The highest BCUT2D eigenvalue weighted by molar-refractivity contribution is 5.94. The van der Waals surface area contributed by atoms with Crippen LogP contribution in [-0.4, -0.2) is 19.0 Å². The quantitative estimate of drug-likeness (QED) is 0.893. The predicted molar refractivity (Wildman–Crippen MR) is 104 cm³/mol. The van der Waals surface area contributed by atoms with Crippen molar-refractivity contribution in [3.05, 3.63) is 64.7 Å². The molecule has 0 aromatic heterocycles. The summed E-state index contributed by atoms with van der Waals surface area (Å²) in [5.41, 5.74) is 5.50. The van der Waals surface area contributed by atoms with Crippen molar-refractivity contribution in [1.29, 1.82) is 0 Å². The lowest BCUT2D eigenvalue weighted by atomic mass is 9.99. The molecule has 3 nitrogen and oxygen atoms in total. The number of hydrogen-bond donors (Lipinski definition) is 1. The Labute approximate surface area is 151 Å². The lowest BCUT2D eigenvalue weighted by Gasteiger charge is -2.32. The molecule has 0 bridgehead atoms. The van der Waals surface area contributed by atoms with E-state index in [2.05, 4.69) is 48.3 Å². The number of benzene rings is 2. The van der Waals surface area contributed by atoms with Gasteiger partial charge in [0, 0.05) is 30.9 Å². The van der Waals surface area contributed by atoms with E-state index in [9.17, 15) is 4.79 Å². The molecule has 0 spiro atoms. The summed E-state index contributed by atoms with van der Waals surface area (Å²) in [7, 11) is 0. The summed E-state index contributed by atoms with van der Waals surface area (Å²) in [6.45, 7) is 9.26. The van der Waals surface area contributed by atoms with Gasteiger partial charge in [-0.2, -0.15) is 0 Å². The summed E-state index contributed by atoms with van der Waals surface area (Å²) >= 11 is 0. The Morgan fingerprint density at radius 2 is 1.88 bits per heavy atom. The van der Waals surface area contributed by atoms with E-state index in [4.69, 9.17) is 0 Å². The molecule has 0 saturated carbocycles. The summed E-state index contributed by atoms with van der Waals surface area (Å²) in [5.74, 6) is 0.753. The molecule has 1 atom stereocenters. The van der Waals surface area contributed by atoms with Gasteiger partial charge in [0.25, 0.3) is 5.91 Å². The molecular weight excluding hydrogens is 308 g/mol. The van der Waals surface area contributed by atoms with Crippen LogP contribution < -0.4 is 10.2 Å². The molecule has 0 aliphatic carbocycles. The van der Waals surface area contributed by atoms with Crippen LogP contribution in [0.1, 0.15) is 46.8 Å². The monoisotopic (exact) mass is 336 g/mol. The average Bonchev–Trinajstić information content (AvgIpc) is 2.62. The Morgan fingerprint density at radius 3 is 2.56 bits per heavy atom. The molecule has 0 radical (unpaired) electrons. The highest BCUT2D eigenvalue weighted by Crippen LogP contribution is 2.23. The standard InChI is InChI=1S/C22H28N2O/c1-16-5-4-12-24(15-16)21-10-7-19(8-11-21)14-23-22(25)20-9-6-17(2)18(3)13-20/h6-11,13,16H,4-5,12,14-15H2,1-3H3,(H,23,25)/t16-/m0/s1. The third-order valence-corrected chi connectivity index (χ3v) is 5.18. The fraction of sp³-hybridized carbons (Fsp3) is 0.409. The first-order valence-corrected chi connectivity index (χ1v) is 9.22. The average molecular weight is 336 g/mol. The number of anilines is 1. The summed E-state index contributed by atoms with van der Waals surface area (Å²) in [6.07, 6.45) is 2.61. The number of amides is 1. The Morgan fingerprint density at radius 1 is 1.12 bits per heavy atom. The minimum absolute atomic E-state index is 0.0166. The van der Waals surface area contributed by atoms with Gasteiger partial charge in [0.05, 0.1) is 0 Å². The number of rotatable bonds is 4. The van der Waals surface area contributed by atoms with Gasteiger partial charge in [0.15, 0.2) is 0 Å². The van der Waals surface area contributed by atoms with E-state index in [-0.39, 0.29) is 5.91 Å². The molecule has 1 amide bonds. The van der Waals surface area contributed by atoms with Gasteiger partial charge in [0.1, 0.15) is 0 Å². The second-order valence-corrected chi connectivity index (χ2v) is 7.34. The van der Waals surface area contributed by atoms with E-state index in [1.165, 1.54) is 24.1 Å². The normalized spacial score (nSPS) is 17.4. The number of nitrogens with zero attached hydrogens (tertiary/aromatic N) is 1. The van der Waals surface area contributed by atoms with E-state index >= 15 is 0 Å². The van der Waals surface area contributed by atoms with Crippen molar-refractivity contribution in [3.63, 3.8) is 0 Å². The third-order valence-electron chi connectivity index (χ3n) is 5.18. The van der Waals surface area contributed by atoms with Crippen LogP contribution in [0.25, 0.3) is 0 Å². The number of nitrogens with one attached hydrogen (secondary N) is 1. The molecule has 1 N–H and O–H groups in total. The zero-order chi connectivity index (χ0) is 17.8. The fourth-order valence-electron chi connectivity index (χ4n) is 3.42. The highest BCUT2D eigenvalue weighted by atomic mass is 16.1. The van der Waals surface area contributed by atoms with Crippen molar-refractivity contribution in [2.75, 3.05) is 18.0 Å². The molecule has 2 aromatic rings. The molecule has 25 heavy (non-hydrogen) atoms. The third kappa shape index (κ3) is 4.41. The number of piperidine rings is 1. The van der Waals surface area contributed by atoms with E-state index in [1.54, 1.807) is 0 Å². The summed E-state index contributed by atoms with van der Waals surface area (Å²) in [4.78, 5) is 14.8. The summed E-state index contributed by atoms with van der Waals surface area (Å²) < 4.78 is 0. The molecule has 132 valence electrons. The van der Waals surface area contributed by atoms with E-state index < -0.39 is 0 Å². The van der Waals surface area contributed by atoms with Crippen LogP contribution in [0.5, 0.6) is 0 Å². The van der Waals surface area contributed by atoms with Gasteiger partial charge < -0.3 is 10.2 Å². The lowest BCUT2D eigenvalue weighted by molar-refractivity contribution is 0.0951. The molecular formula is C22H28N2O. The number of carbonyl (C=O) groups is 1. The van der Waals surface area contributed by atoms with Crippen LogP contribution >= 0.6 is 0 Å². The van der Waals surface area contributed by atoms with Gasteiger partial charge in [0.2, 0.25) is 0 Å². The van der Waals surface area contributed by atoms with Crippen molar-refractivity contribution in [2.45, 2.75) is 40.2 Å². The largest absolute Gasteiger partial charge is 0.371 e. The number of aryl methyl sites for hydroxylation is 2.